The van der Waals surface area contributed by atoms with Gasteiger partial charge in [-0.3, -0.25) is 4.68 Å². The van der Waals surface area contributed by atoms with Crippen LogP contribution in [0.1, 0.15) is 6.92 Å². The van der Waals surface area contributed by atoms with Crippen LogP contribution < -0.4 is 0 Å². The number of hydrogen-bond acceptors (Lipinski definition) is 4. The molecule has 0 unspecified atom stereocenters. The zero-order valence-corrected chi connectivity index (χ0v) is 10.3. The summed E-state index contributed by atoms with van der Waals surface area (Å²) in [4.78, 5) is 0.706. The lowest BCUT2D eigenvalue weighted by atomic mass is 10.5. The number of H-pyrrole nitrogens is 1. The summed E-state index contributed by atoms with van der Waals surface area (Å²) in [6, 6.07) is 0. The molecule has 0 aliphatic heterocycles. The molecule has 1 aromatic heterocycles. The van der Waals surface area contributed by atoms with Crippen LogP contribution >= 0.6 is 37.1 Å². The maximum absolute atomic E-state index is 5.22. The fourth-order valence-corrected chi connectivity index (χ4v) is 1.62. The Bertz CT molecular complexity index is 410. The number of aromatic amines is 1. The molecule has 0 aromatic carbocycles. The predicted molar refractivity (Wildman–Crippen MR) is 64.2 cm³/mol. The summed E-state index contributed by atoms with van der Waals surface area (Å²) in [6.45, 7) is 3.98. The Morgan fingerprint density at radius 3 is 2.93 bits per heavy atom. The minimum Gasteiger partial charge on any atom is -0.380 e. The second-order valence-electron chi connectivity index (χ2n) is 2.64. The number of nitrogens with one attached hydrogen (secondary N) is 1. The number of hydrogen-bond donors (Lipinski definition) is 2. The minimum atomic E-state index is 0.604. The van der Waals surface area contributed by atoms with Crippen molar-refractivity contribution in [3.63, 3.8) is 0 Å². The van der Waals surface area contributed by atoms with Gasteiger partial charge in [0.2, 0.25) is 0 Å². The lowest BCUT2D eigenvalue weighted by Gasteiger charge is -2.07. The third kappa shape index (κ3) is 2.91. The van der Waals surface area contributed by atoms with E-state index in [1.54, 1.807) is 10.9 Å². The molecule has 0 saturated carbocycles. The average Bonchev–Trinajstić information content (AvgIpc) is 2.18. The van der Waals surface area contributed by atoms with E-state index in [2.05, 4.69) is 17.7 Å². The average molecular weight is 248 g/mol. The molecule has 6 heteroatoms. The van der Waals surface area contributed by atoms with Crippen molar-refractivity contribution in [3.8, 4) is 0 Å². The summed E-state index contributed by atoms with van der Waals surface area (Å²) >= 11 is 14.4. The lowest BCUT2D eigenvalue weighted by molar-refractivity contribution is 0.135. The second kappa shape index (κ2) is 5.65. The highest BCUT2D eigenvalue weighted by molar-refractivity contribution is 7.81. The van der Waals surface area contributed by atoms with Gasteiger partial charge in [0.05, 0.1) is 17.7 Å². The Morgan fingerprint density at radius 2 is 2.29 bits per heavy atom. The van der Waals surface area contributed by atoms with Gasteiger partial charge >= 0.3 is 0 Å². The maximum Gasteiger partial charge on any atom is 0.139 e. The third-order valence-corrected chi connectivity index (χ3v) is 3.16. The summed E-state index contributed by atoms with van der Waals surface area (Å²) < 4.78 is 8.22. The number of aromatic nitrogens is 2. The first-order valence-electron chi connectivity index (χ1n) is 4.26. The van der Waals surface area contributed by atoms with Gasteiger partial charge in [0.1, 0.15) is 4.64 Å². The van der Waals surface area contributed by atoms with E-state index in [0.29, 0.717) is 33.8 Å². The first kappa shape index (κ1) is 11.9. The Kier molecular flexibility index (Phi) is 4.80. The molecule has 0 aliphatic carbocycles. The summed E-state index contributed by atoms with van der Waals surface area (Å²) in [5, 5.41) is 2.99. The van der Waals surface area contributed by atoms with Crippen molar-refractivity contribution in [1.82, 2.24) is 9.78 Å². The number of nitrogens with zero attached hydrogens (tertiary/aromatic N) is 1. The number of ether oxygens (including phenoxy) is 1. The molecular formula is C8H12N2OS3. The van der Waals surface area contributed by atoms with Gasteiger partial charge in [-0.25, -0.2) is 0 Å². The van der Waals surface area contributed by atoms with Crippen LogP contribution in [0.15, 0.2) is 11.1 Å². The van der Waals surface area contributed by atoms with Gasteiger partial charge in [-0.15, -0.1) is 12.6 Å². The summed E-state index contributed by atoms with van der Waals surface area (Å²) in [7, 11) is 0. The SMILES string of the molecule is CCOCCn1[nH]cc(S)c(=S)c1=S. The topological polar surface area (TPSA) is 29.9 Å². The Morgan fingerprint density at radius 1 is 1.57 bits per heavy atom. The van der Waals surface area contributed by atoms with Crippen molar-refractivity contribution in [3.05, 3.63) is 15.3 Å². The van der Waals surface area contributed by atoms with Gasteiger partial charge in [0.25, 0.3) is 0 Å². The van der Waals surface area contributed by atoms with Crippen molar-refractivity contribution >= 4 is 37.1 Å². The van der Waals surface area contributed by atoms with Gasteiger partial charge in [-0.2, -0.15) is 0 Å². The predicted octanol–water partition coefficient (Wildman–Crippen LogP) is 2.60. The van der Waals surface area contributed by atoms with E-state index in [-0.39, 0.29) is 0 Å². The molecule has 0 saturated heterocycles. The van der Waals surface area contributed by atoms with Crippen molar-refractivity contribution in [2.45, 2.75) is 18.4 Å². The molecule has 0 atom stereocenters. The van der Waals surface area contributed by atoms with E-state index in [1.165, 1.54) is 0 Å². The van der Waals surface area contributed by atoms with E-state index >= 15 is 0 Å². The van der Waals surface area contributed by atoms with Gasteiger partial charge in [0.15, 0.2) is 0 Å². The molecule has 0 amide bonds. The van der Waals surface area contributed by atoms with Crippen LogP contribution in [0, 0.1) is 9.15 Å². The Balaban J connectivity index is 2.84. The van der Waals surface area contributed by atoms with Crippen LogP contribution in [-0.4, -0.2) is 23.0 Å². The normalized spacial score (nSPS) is 10.4. The summed E-state index contributed by atoms with van der Waals surface area (Å²) in [5.74, 6) is 0. The molecule has 78 valence electrons. The van der Waals surface area contributed by atoms with Crippen molar-refractivity contribution < 1.29 is 4.74 Å². The van der Waals surface area contributed by atoms with Crippen molar-refractivity contribution in [2.75, 3.05) is 13.2 Å². The molecule has 14 heavy (non-hydrogen) atoms. The van der Waals surface area contributed by atoms with Crippen LogP contribution in [0.5, 0.6) is 0 Å². The zero-order valence-electron chi connectivity index (χ0n) is 7.82. The second-order valence-corrected chi connectivity index (χ2v) is 3.92. The minimum absolute atomic E-state index is 0.604. The zero-order chi connectivity index (χ0) is 10.6. The highest BCUT2D eigenvalue weighted by Crippen LogP contribution is 2.07. The standard InChI is InChI=1S/C8H12N2OS3/c1-2-11-4-3-10-8(14)7(13)6(12)5-9-10/h5,9,12H,2-4H2,1H3. The fourth-order valence-electron chi connectivity index (χ4n) is 0.962. The quantitative estimate of drug-likeness (QED) is 0.488. The molecule has 1 heterocycles. The van der Waals surface area contributed by atoms with Gasteiger partial charge in [-0.05, 0) is 6.92 Å². The van der Waals surface area contributed by atoms with E-state index < -0.39 is 0 Å². The van der Waals surface area contributed by atoms with E-state index in [9.17, 15) is 0 Å². The van der Waals surface area contributed by atoms with Gasteiger partial charge < -0.3 is 9.84 Å². The Hall–Kier alpha value is -0.170. The van der Waals surface area contributed by atoms with Gasteiger partial charge in [0, 0.05) is 17.7 Å². The molecule has 0 bridgehead atoms. The molecule has 0 radical (unpaired) electrons. The molecule has 0 spiro atoms. The van der Waals surface area contributed by atoms with Crippen LogP contribution in [0.3, 0.4) is 0 Å². The smallest absolute Gasteiger partial charge is 0.139 e. The van der Waals surface area contributed by atoms with E-state index in [0.717, 1.165) is 0 Å². The van der Waals surface area contributed by atoms with Crippen LogP contribution in [-0.2, 0) is 11.3 Å². The van der Waals surface area contributed by atoms with Crippen LogP contribution in [0.4, 0.5) is 0 Å². The van der Waals surface area contributed by atoms with Crippen molar-refractivity contribution in [1.29, 1.82) is 0 Å². The monoisotopic (exact) mass is 248 g/mol. The third-order valence-electron chi connectivity index (χ3n) is 1.69. The summed E-state index contributed by atoms with van der Waals surface area (Å²) in [5.41, 5.74) is 0. The maximum atomic E-state index is 5.22. The van der Waals surface area contributed by atoms with Crippen LogP contribution in [0.25, 0.3) is 0 Å². The fraction of sp³-hybridized carbons (Fsp3) is 0.500. The number of rotatable bonds is 4. The molecule has 1 rings (SSSR count). The molecule has 1 aromatic rings. The molecule has 0 aliphatic rings. The van der Waals surface area contributed by atoms with Gasteiger partial charge in [-0.1, -0.05) is 24.4 Å². The number of thiol groups is 1. The molecule has 3 nitrogen and oxygen atoms in total. The Labute approximate surface area is 98.5 Å². The first-order valence-corrected chi connectivity index (χ1v) is 5.52. The summed E-state index contributed by atoms with van der Waals surface area (Å²) in [6.07, 6.45) is 1.73. The van der Waals surface area contributed by atoms with E-state index in [4.69, 9.17) is 29.2 Å². The first-order chi connectivity index (χ1) is 6.66. The largest absolute Gasteiger partial charge is 0.380 e. The highest BCUT2D eigenvalue weighted by Gasteiger charge is 1.97. The molecule has 0 fully saturated rings. The van der Waals surface area contributed by atoms with E-state index in [1.807, 2.05) is 6.92 Å². The highest BCUT2D eigenvalue weighted by atomic mass is 32.1. The lowest BCUT2D eigenvalue weighted by Crippen LogP contribution is -2.10. The van der Waals surface area contributed by atoms with Crippen molar-refractivity contribution in [2.24, 2.45) is 0 Å². The molecule has 1 N–H and O–H groups in total. The van der Waals surface area contributed by atoms with Crippen LogP contribution in [0.2, 0.25) is 0 Å². The molecular weight excluding hydrogens is 236 g/mol.